The smallest absolute Gasteiger partial charge is 0.321 e. The van der Waals surface area contributed by atoms with E-state index in [-0.39, 0.29) is 18.6 Å². The van der Waals surface area contributed by atoms with Crippen LogP contribution in [-0.4, -0.2) is 35.7 Å². The molecule has 1 aromatic rings. The van der Waals surface area contributed by atoms with E-state index in [1.807, 2.05) is 24.3 Å². The first kappa shape index (κ1) is 12.4. The highest BCUT2D eigenvalue weighted by Gasteiger charge is 2.25. The first-order valence-electron chi connectivity index (χ1n) is 5.62. The van der Waals surface area contributed by atoms with Crippen LogP contribution < -0.4 is 5.32 Å². The number of nitrogens with zero attached hydrogens (tertiary/aromatic N) is 1. The molecule has 1 aliphatic heterocycles. The minimum absolute atomic E-state index is 0.104. The lowest BCUT2D eigenvalue weighted by Crippen LogP contribution is -2.33. The molecule has 1 aliphatic rings. The van der Waals surface area contributed by atoms with Crippen molar-refractivity contribution in [3.8, 4) is 0 Å². The number of hydrogen-bond acceptors (Lipinski definition) is 2. The number of halogens is 1. The van der Waals surface area contributed by atoms with E-state index in [1.165, 1.54) is 0 Å². The Morgan fingerprint density at radius 2 is 2.29 bits per heavy atom. The van der Waals surface area contributed by atoms with E-state index in [2.05, 4.69) is 21.2 Å². The third-order valence-electron chi connectivity index (χ3n) is 2.95. The summed E-state index contributed by atoms with van der Waals surface area (Å²) in [6, 6.07) is 7.41. The Morgan fingerprint density at radius 1 is 1.53 bits per heavy atom. The molecule has 1 heterocycles. The van der Waals surface area contributed by atoms with E-state index in [1.54, 1.807) is 4.90 Å². The number of nitrogens with one attached hydrogen (secondary N) is 1. The maximum Gasteiger partial charge on any atom is 0.321 e. The molecule has 4 nitrogen and oxygen atoms in total. The van der Waals surface area contributed by atoms with E-state index >= 15 is 0 Å². The number of carbonyl (C=O) groups excluding carboxylic acids is 1. The maximum atomic E-state index is 11.9. The monoisotopic (exact) mass is 298 g/mol. The highest BCUT2D eigenvalue weighted by atomic mass is 79.9. The average Bonchev–Trinajstić information content (AvgIpc) is 2.81. The molecule has 1 atom stereocenters. The third-order valence-corrected chi connectivity index (χ3v) is 3.64. The summed E-state index contributed by atoms with van der Waals surface area (Å²) in [6.07, 6.45) is 0.875. The molecule has 0 saturated carbocycles. The number of para-hydroxylation sites is 1. The van der Waals surface area contributed by atoms with Gasteiger partial charge in [0, 0.05) is 30.1 Å². The summed E-state index contributed by atoms with van der Waals surface area (Å²) in [4.78, 5) is 13.7. The van der Waals surface area contributed by atoms with E-state index in [0.29, 0.717) is 13.1 Å². The lowest BCUT2D eigenvalue weighted by Gasteiger charge is -2.17. The average molecular weight is 299 g/mol. The third kappa shape index (κ3) is 2.98. The Labute approximate surface area is 109 Å². The van der Waals surface area contributed by atoms with Gasteiger partial charge in [-0.1, -0.05) is 12.1 Å². The zero-order valence-electron chi connectivity index (χ0n) is 9.40. The van der Waals surface area contributed by atoms with Gasteiger partial charge in [-0.15, -0.1) is 0 Å². The number of rotatable bonds is 2. The van der Waals surface area contributed by atoms with Gasteiger partial charge in [-0.3, -0.25) is 0 Å². The Hall–Kier alpha value is -1.07. The highest BCUT2D eigenvalue weighted by molar-refractivity contribution is 9.10. The Morgan fingerprint density at radius 3 is 2.94 bits per heavy atom. The number of benzene rings is 1. The Bertz CT molecular complexity index is 411. The lowest BCUT2D eigenvalue weighted by molar-refractivity contribution is 0.208. The summed E-state index contributed by atoms with van der Waals surface area (Å²) in [5, 5.41) is 11.9. The quantitative estimate of drug-likeness (QED) is 0.880. The van der Waals surface area contributed by atoms with Gasteiger partial charge >= 0.3 is 6.03 Å². The van der Waals surface area contributed by atoms with E-state index in [9.17, 15) is 4.79 Å². The van der Waals surface area contributed by atoms with Crippen LogP contribution in [0, 0.1) is 5.92 Å². The van der Waals surface area contributed by atoms with Crippen molar-refractivity contribution in [3.05, 3.63) is 28.7 Å². The van der Waals surface area contributed by atoms with Crippen LogP contribution in [-0.2, 0) is 0 Å². The number of carbonyl (C=O) groups is 1. The maximum absolute atomic E-state index is 11.9. The van der Waals surface area contributed by atoms with Gasteiger partial charge in [-0.25, -0.2) is 4.79 Å². The van der Waals surface area contributed by atoms with Crippen molar-refractivity contribution in [2.75, 3.05) is 25.0 Å². The molecular weight excluding hydrogens is 284 g/mol. The Kier molecular flexibility index (Phi) is 4.02. The summed E-state index contributed by atoms with van der Waals surface area (Å²) in [6.45, 7) is 1.49. The normalized spacial score (nSPS) is 19.4. The first-order valence-corrected chi connectivity index (χ1v) is 6.41. The van der Waals surface area contributed by atoms with E-state index in [4.69, 9.17) is 5.11 Å². The molecule has 0 aromatic heterocycles. The van der Waals surface area contributed by atoms with Crippen molar-refractivity contribution in [1.82, 2.24) is 4.90 Å². The first-order chi connectivity index (χ1) is 8.20. The molecular formula is C12H15BrN2O2. The SMILES string of the molecule is O=C(Nc1ccccc1Br)N1CCC(CO)C1. The second-order valence-electron chi connectivity index (χ2n) is 4.19. The van der Waals surface area contributed by atoms with Gasteiger partial charge in [0.15, 0.2) is 0 Å². The fourth-order valence-corrected chi connectivity index (χ4v) is 2.31. The van der Waals surface area contributed by atoms with Crippen LogP contribution in [0.3, 0.4) is 0 Å². The van der Waals surface area contributed by atoms with Gasteiger partial charge < -0.3 is 15.3 Å². The zero-order valence-corrected chi connectivity index (χ0v) is 11.0. The number of aliphatic hydroxyl groups is 1. The highest BCUT2D eigenvalue weighted by Crippen LogP contribution is 2.23. The molecule has 17 heavy (non-hydrogen) atoms. The number of urea groups is 1. The molecule has 0 radical (unpaired) electrons. The number of amides is 2. The molecule has 1 saturated heterocycles. The molecule has 1 fully saturated rings. The molecule has 0 aliphatic carbocycles. The van der Waals surface area contributed by atoms with Gasteiger partial charge in [0.1, 0.15) is 0 Å². The van der Waals surface area contributed by atoms with Crippen LogP contribution >= 0.6 is 15.9 Å². The predicted molar refractivity (Wildman–Crippen MR) is 69.9 cm³/mol. The second-order valence-corrected chi connectivity index (χ2v) is 5.05. The fraction of sp³-hybridized carbons (Fsp3) is 0.417. The van der Waals surface area contributed by atoms with Gasteiger partial charge in [0.05, 0.1) is 5.69 Å². The van der Waals surface area contributed by atoms with Gasteiger partial charge in [-0.05, 0) is 34.5 Å². The fourth-order valence-electron chi connectivity index (χ4n) is 1.92. The zero-order chi connectivity index (χ0) is 12.3. The number of aliphatic hydroxyl groups excluding tert-OH is 1. The lowest BCUT2D eigenvalue weighted by atomic mass is 10.1. The van der Waals surface area contributed by atoms with Crippen LogP contribution in [0.1, 0.15) is 6.42 Å². The number of hydrogen-bond donors (Lipinski definition) is 2. The summed E-state index contributed by atoms with van der Waals surface area (Å²) in [5.74, 6) is 0.222. The van der Waals surface area contributed by atoms with Crippen molar-refractivity contribution >= 4 is 27.6 Å². The largest absolute Gasteiger partial charge is 0.396 e. The molecule has 1 aromatic carbocycles. The standard InChI is InChI=1S/C12H15BrN2O2/c13-10-3-1-2-4-11(10)14-12(17)15-6-5-9(7-15)8-16/h1-4,9,16H,5-8H2,(H,14,17). The van der Waals surface area contributed by atoms with Crippen LogP contribution in [0.2, 0.25) is 0 Å². The molecule has 1 unspecified atom stereocenters. The molecule has 5 heteroatoms. The van der Waals surface area contributed by atoms with Crippen LogP contribution in [0.5, 0.6) is 0 Å². The van der Waals surface area contributed by atoms with Gasteiger partial charge in [0.25, 0.3) is 0 Å². The minimum atomic E-state index is -0.104. The predicted octanol–water partition coefficient (Wildman–Crippen LogP) is 2.30. The summed E-state index contributed by atoms with van der Waals surface area (Å²) in [5.41, 5.74) is 0.768. The van der Waals surface area contributed by atoms with Crippen LogP contribution in [0.15, 0.2) is 28.7 Å². The van der Waals surface area contributed by atoms with Crippen molar-refractivity contribution < 1.29 is 9.90 Å². The van der Waals surface area contributed by atoms with Crippen molar-refractivity contribution in [1.29, 1.82) is 0 Å². The molecule has 0 bridgehead atoms. The van der Waals surface area contributed by atoms with Crippen molar-refractivity contribution in [2.45, 2.75) is 6.42 Å². The topological polar surface area (TPSA) is 52.6 Å². The summed E-state index contributed by atoms with van der Waals surface area (Å²) >= 11 is 3.39. The number of likely N-dealkylation sites (tertiary alicyclic amines) is 1. The molecule has 2 rings (SSSR count). The van der Waals surface area contributed by atoms with Crippen molar-refractivity contribution in [3.63, 3.8) is 0 Å². The van der Waals surface area contributed by atoms with E-state index in [0.717, 1.165) is 16.6 Å². The van der Waals surface area contributed by atoms with Crippen molar-refractivity contribution in [2.24, 2.45) is 5.92 Å². The van der Waals surface area contributed by atoms with Crippen LogP contribution in [0.25, 0.3) is 0 Å². The van der Waals surface area contributed by atoms with Crippen LogP contribution in [0.4, 0.5) is 10.5 Å². The van der Waals surface area contributed by atoms with E-state index < -0.39 is 0 Å². The number of anilines is 1. The molecule has 92 valence electrons. The summed E-state index contributed by atoms with van der Waals surface area (Å²) < 4.78 is 0.867. The summed E-state index contributed by atoms with van der Waals surface area (Å²) in [7, 11) is 0. The Balaban J connectivity index is 1.96. The second kappa shape index (κ2) is 5.51. The van der Waals surface area contributed by atoms with Gasteiger partial charge in [-0.2, -0.15) is 0 Å². The molecule has 2 N–H and O–H groups in total. The molecule has 0 spiro atoms. The molecule has 2 amide bonds. The minimum Gasteiger partial charge on any atom is -0.396 e. The van der Waals surface area contributed by atoms with Gasteiger partial charge in [0.2, 0.25) is 0 Å².